The van der Waals surface area contributed by atoms with Crippen LogP contribution in [0.4, 0.5) is 4.79 Å². The number of allylic oxidation sites excluding steroid dienone is 4. The number of piperidine rings is 1. The zero-order valence-electron chi connectivity index (χ0n) is 16.7. The molecule has 1 amide bonds. The minimum absolute atomic E-state index is 0.145. The molecule has 0 aromatic rings. The Bertz CT molecular complexity index is 667. The predicted molar refractivity (Wildman–Crippen MR) is 104 cm³/mol. The molecule has 0 N–H and O–H groups in total. The van der Waals surface area contributed by atoms with Crippen molar-refractivity contribution in [3.63, 3.8) is 0 Å². The van der Waals surface area contributed by atoms with Gasteiger partial charge in [-0.3, -0.25) is 4.79 Å². The standard InChI is InChI=1S/C22H32N2O3/c1-3-27-21(26)24-11-8-22(15-24)13-18(14-22)23-9-6-17(7-10-23)19-12-16(2)4-5-20(19)25/h4,12,17-18H,3,5-11,13-15H2,1-2H3. The highest BCUT2D eigenvalue weighted by molar-refractivity contribution is 5.98. The number of rotatable bonds is 3. The van der Waals surface area contributed by atoms with E-state index in [1.807, 2.05) is 17.9 Å². The van der Waals surface area contributed by atoms with Gasteiger partial charge in [0.25, 0.3) is 0 Å². The fourth-order valence-electron chi connectivity index (χ4n) is 5.51. The topological polar surface area (TPSA) is 49.9 Å². The van der Waals surface area contributed by atoms with Crippen molar-refractivity contribution >= 4 is 11.9 Å². The number of ether oxygens (including phenoxy) is 1. The second-order valence-corrected chi connectivity index (χ2v) is 8.92. The highest BCUT2D eigenvalue weighted by atomic mass is 16.6. The molecule has 4 rings (SSSR count). The molecule has 4 aliphatic rings. The molecule has 1 saturated carbocycles. The molecule has 0 bridgehead atoms. The van der Waals surface area contributed by atoms with Crippen LogP contribution in [0, 0.1) is 11.3 Å². The summed E-state index contributed by atoms with van der Waals surface area (Å²) >= 11 is 0. The summed E-state index contributed by atoms with van der Waals surface area (Å²) in [4.78, 5) is 28.7. The normalized spacial score (nSPS) is 32.3. The molecular formula is C22H32N2O3. The van der Waals surface area contributed by atoms with E-state index < -0.39 is 0 Å². The Kier molecular flexibility index (Phi) is 5.15. The summed E-state index contributed by atoms with van der Waals surface area (Å²) in [5.74, 6) is 0.767. The van der Waals surface area contributed by atoms with Crippen LogP contribution in [-0.4, -0.2) is 60.5 Å². The molecule has 2 aliphatic carbocycles. The van der Waals surface area contributed by atoms with Crippen LogP contribution in [0.5, 0.6) is 0 Å². The highest BCUT2D eigenvalue weighted by Gasteiger charge is 2.51. The molecule has 0 aromatic heterocycles. The van der Waals surface area contributed by atoms with Gasteiger partial charge in [0.1, 0.15) is 0 Å². The maximum Gasteiger partial charge on any atom is 0.409 e. The Hall–Kier alpha value is -1.62. The number of nitrogens with zero attached hydrogens (tertiary/aromatic N) is 2. The van der Waals surface area contributed by atoms with E-state index in [4.69, 9.17) is 4.74 Å². The number of hydrogen-bond acceptors (Lipinski definition) is 4. The van der Waals surface area contributed by atoms with Gasteiger partial charge in [0.2, 0.25) is 0 Å². The van der Waals surface area contributed by atoms with E-state index in [1.165, 1.54) is 18.4 Å². The summed E-state index contributed by atoms with van der Waals surface area (Å²) in [6.45, 7) is 8.31. The van der Waals surface area contributed by atoms with Crippen molar-refractivity contribution in [2.24, 2.45) is 11.3 Å². The summed E-state index contributed by atoms with van der Waals surface area (Å²) in [7, 11) is 0. The maximum atomic E-state index is 12.3. The Morgan fingerprint density at radius 3 is 2.70 bits per heavy atom. The predicted octanol–water partition coefficient (Wildman–Crippen LogP) is 3.55. The third kappa shape index (κ3) is 3.71. The molecule has 148 valence electrons. The van der Waals surface area contributed by atoms with Crippen molar-refractivity contribution in [3.8, 4) is 0 Å². The van der Waals surface area contributed by atoms with E-state index in [-0.39, 0.29) is 6.09 Å². The molecule has 0 radical (unpaired) electrons. The summed E-state index contributed by atoms with van der Waals surface area (Å²) in [6.07, 6.45) is 10.3. The first-order chi connectivity index (χ1) is 13.0. The molecule has 2 heterocycles. The molecule has 3 fully saturated rings. The van der Waals surface area contributed by atoms with Crippen LogP contribution < -0.4 is 0 Å². The second kappa shape index (κ2) is 7.42. The summed E-state index contributed by atoms with van der Waals surface area (Å²) < 4.78 is 5.16. The quantitative estimate of drug-likeness (QED) is 0.760. The molecule has 1 spiro atoms. The van der Waals surface area contributed by atoms with Crippen LogP contribution in [0.1, 0.15) is 52.4 Å². The van der Waals surface area contributed by atoms with E-state index in [9.17, 15) is 9.59 Å². The lowest BCUT2D eigenvalue weighted by molar-refractivity contribution is -0.115. The lowest BCUT2D eigenvalue weighted by atomic mass is 9.64. The number of ketones is 1. The fourth-order valence-corrected chi connectivity index (χ4v) is 5.51. The van der Waals surface area contributed by atoms with E-state index in [1.54, 1.807) is 0 Å². The summed E-state index contributed by atoms with van der Waals surface area (Å²) in [5, 5.41) is 0. The number of carbonyl (C=O) groups is 2. The van der Waals surface area contributed by atoms with Crippen LogP contribution in [0.15, 0.2) is 23.3 Å². The van der Waals surface area contributed by atoms with Crippen molar-refractivity contribution in [1.82, 2.24) is 9.80 Å². The Morgan fingerprint density at radius 1 is 1.26 bits per heavy atom. The van der Waals surface area contributed by atoms with Gasteiger partial charge >= 0.3 is 6.09 Å². The Morgan fingerprint density at radius 2 is 2.00 bits per heavy atom. The van der Waals surface area contributed by atoms with Crippen molar-refractivity contribution in [2.75, 3.05) is 32.8 Å². The monoisotopic (exact) mass is 372 g/mol. The smallest absolute Gasteiger partial charge is 0.409 e. The van der Waals surface area contributed by atoms with E-state index in [2.05, 4.69) is 17.9 Å². The number of Topliss-reactive ketones (excluding diaryl/α,β-unsaturated/α-hetero) is 1. The van der Waals surface area contributed by atoms with Gasteiger partial charge in [-0.25, -0.2) is 4.79 Å². The fraction of sp³-hybridized carbons (Fsp3) is 0.727. The third-order valence-electron chi connectivity index (χ3n) is 7.10. The Balaban J connectivity index is 1.26. The SMILES string of the molecule is CCOC(=O)N1CCC2(CC(N3CCC(C4=CC(C)=CCC4=O)CC3)C2)C1. The summed E-state index contributed by atoms with van der Waals surface area (Å²) in [6, 6.07) is 0.658. The highest BCUT2D eigenvalue weighted by Crippen LogP contribution is 2.50. The zero-order valence-corrected chi connectivity index (χ0v) is 16.7. The van der Waals surface area contributed by atoms with Crippen molar-refractivity contribution in [2.45, 2.75) is 58.4 Å². The molecular weight excluding hydrogens is 340 g/mol. The third-order valence-corrected chi connectivity index (χ3v) is 7.10. The summed E-state index contributed by atoms with van der Waals surface area (Å²) in [5.41, 5.74) is 2.64. The average Bonchev–Trinajstić information content (AvgIpc) is 3.09. The number of hydrogen-bond donors (Lipinski definition) is 0. The zero-order chi connectivity index (χ0) is 19.0. The lowest BCUT2D eigenvalue weighted by Gasteiger charge is -2.51. The Labute approximate surface area is 162 Å². The van der Waals surface area contributed by atoms with E-state index in [0.29, 0.717) is 36.2 Å². The molecule has 0 aromatic carbocycles. The number of amides is 1. The first kappa shape index (κ1) is 18.7. The molecule has 5 nitrogen and oxygen atoms in total. The van der Waals surface area contributed by atoms with Gasteiger partial charge in [-0.15, -0.1) is 0 Å². The van der Waals surface area contributed by atoms with E-state index >= 15 is 0 Å². The van der Waals surface area contributed by atoms with Gasteiger partial charge in [-0.1, -0.05) is 17.7 Å². The molecule has 0 unspecified atom stereocenters. The van der Waals surface area contributed by atoms with Crippen molar-refractivity contribution in [1.29, 1.82) is 0 Å². The maximum absolute atomic E-state index is 12.3. The molecule has 2 saturated heterocycles. The van der Waals surface area contributed by atoms with Gasteiger partial charge in [0.15, 0.2) is 5.78 Å². The van der Waals surface area contributed by atoms with Gasteiger partial charge < -0.3 is 14.5 Å². The van der Waals surface area contributed by atoms with Gasteiger partial charge in [0, 0.05) is 25.6 Å². The first-order valence-corrected chi connectivity index (χ1v) is 10.6. The van der Waals surface area contributed by atoms with Crippen LogP contribution in [0.3, 0.4) is 0 Å². The molecule has 5 heteroatoms. The first-order valence-electron chi connectivity index (χ1n) is 10.6. The number of carbonyl (C=O) groups excluding carboxylic acids is 2. The molecule has 2 aliphatic heterocycles. The average molecular weight is 373 g/mol. The van der Waals surface area contributed by atoms with Crippen LogP contribution >= 0.6 is 0 Å². The van der Waals surface area contributed by atoms with Crippen LogP contribution in [0.2, 0.25) is 0 Å². The number of likely N-dealkylation sites (tertiary alicyclic amines) is 2. The van der Waals surface area contributed by atoms with Gasteiger partial charge in [0.05, 0.1) is 6.61 Å². The van der Waals surface area contributed by atoms with Crippen LogP contribution in [-0.2, 0) is 9.53 Å². The van der Waals surface area contributed by atoms with Crippen molar-refractivity contribution in [3.05, 3.63) is 23.3 Å². The van der Waals surface area contributed by atoms with E-state index in [0.717, 1.165) is 51.0 Å². The minimum Gasteiger partial charge on any atom is -0.450 e. The van der Waals surface area contributed by atoms with Gasteiger partial charge in [-0.2, -0.15) is 0 Å². The molecule has 27 heavy (non-hydrogen) atoms. The minimum atomic E-state index is -0.145. The van der Waals surface area contributed by atoms with Crippen LogP contribution in [0.25, 0.3) is 0 Å². The largest absolute Gasteiger partial charge is 0.450 e. The lowest BCUT2D eigenvalue weighted by Crippen LogP contribution is -2.54. The van der Waals surface area contributed by atoms with Gasteiger partial charge in [-0.05, 0) is 75.9 Å². The molecule has 0 atom stereocenters. The second-order valence-electron chi connectivity index (χ2n) is 8.92. The van der Waals surface area contributed by atoms with Crippen molar-refractivity contribution < 1.29 is 14.3 Å².